The Labute approximate surface area is 270 Å². The second-order valence-electron chi connectivity index (χ2n) is 15.6. The van der Waals surface area contributed by atoms with Crippen LogP contribution in [0.5, 0.6) is 0 Å². The zero-order valence-corrected chi connectivity index (χ0v) is 27.8. The molecule has 14 atom stereocenters. The second-order valence-corrected chi connectivity index (χ2v) is 15.6. The number of aliphatic hydroxyl groups is 7. The van der Waals surface area contributed by atoms with Gasteiger partial charge in [0.1, 0.15) is 30.2 Å². The first kappa shape index (κ1) is 35.3. The number of aliphatic hydroxyl groups excluding tert-OH is 6. The van der Waals surface area contributed by atoms with Crippen molar-refractivity contribution in [2.24, 2.45) is 34.0 Å². The molecule has 0 aromatic rings. The van der Waals surface area contributed by atoms with Gasteiger partial charge in [-0.25, -0.2) is 0 Å². The fourth-order valence-corrected chi connectivity index (χ4v) is 10.2. The maximum Gasteiger partial charge on any atom is 0.229 e. The summed E-state index contributed by atoms with van der Waals surface area (Å²) in [5, 5.41) is 75.0. The zero-order chi connectivity index (χ0) is 34.3. The number of hydrogen-bond donors (Lipinski definition) is 7. The molecular weight excluding hydrogens is 596 g/mol. The van der Waals surface area contributed by atoms with Crippen molar-refractivity contribution in [1.82, 2.24) is 0 Å². The van der Waals surface area contributed by atoms with Crippen LogP contribution in [0.1, 0.15) is 80.1 Å². The van der Waals surface area contributed by atoms with Gasteiger partial charge in [0, 0.05) is 30.1 Å². The van der Waals surface area contributed by atoms with Crippen molar-refractivity contribution < 1.29 is 54.8 Å². The average Bonchev–Trinajstić information content (AvgIpc) is 3.18. The van der Waals surface area contributed by atoms with Crippen LogP contribution < -0.4 is 0 Å². The topological polar surface area (TPSA) is 194 Å². The summed E-state index contributed by atoms with van der Waals surface area (Å²) in [5.74, 6) is -2.04. The molecule has 0 aromatic heterocycles. The summed E-state index contributed by atoms with van der Waals surface area (Å²) >= 11 is 0. The van der Waals surface area contributed by atoms with Gasteiger partial charge in [-0.3, -0.25) is 9.59 Å². The Morgan fingerprint density at radius 2 is 1.78 bits per heavy atom. The number of allylic oxidation sites excluding steroid dienone is 5. The number of rotatable bonds is 8. The number of carbonyl (C=O) groups excluding carboxylic acids is 2. The molecule has 46 heavy (non-hydrogen) atoms. The molecule has 0 spiro atoms. The van der Waals surface area contributed by atoms with Gasteiger partial charge in [0.15, 0.2) is 11.5 Å². The van der Waals surface area contributed by atoms with E-state index in [2.05, 4.69) is 13.5 Å². The fraction of sp³-hybridized carbons (Fsp3) is 0.771. The Bertz CT molecular complexity index is 1330. The molecule has 0 bridgehead atoms. The first-order valence-corrected chi connectivity index (χ1v) is 16.4. The SMILES string of the molecule is C=C(C)CCC(O)[C@](C)(O)[C@H]1[C@H](O)C[C@@]2(C)[C@@H]3CC=C4C(C)=C(O[C@@H]5O[C@H](CO)[C@@H](O)[C@H](O)[C@H]5O)C(=O)C[C@@H]4[C@]3(C)C(=O)C[C@]12C. The van der Waals surface area contributed by atoms with Gasteiger partial charge in [0.2, 0.25) is 6.29 Å². The summed E-state index contributed by atoms with van der Waals surface area (Å²) < 4.78 is 11.3. The zero-order valence-electron chi connectivity index (χ0n) is 27.8. The van der Waals surface area contributed by atoms with Crippen LogP contribution in [0.4, 0.5) is 0 Å². The molecule has 11 nitrogen and oxygen atoms in total. The van der Waals surface area contributed by atoms with Crippen molar-refractivity contribution in [3.05, 3.63) is 35.1 Å². The van der Waals surface area contributed by atoms with E-state index in [1.165, 1.54) is 0 Å². The van der Waals surface area contributed by atoms with Crippen molar-refractivity contribution in [2.45, 2.75) is 129 Å². The van der Waals surface area contributed by atoms with Gasteiger partial charge in [-0.05, 0) is 74.3 Å². The predicted molar refractivity (Wildman–Crippen MR) is 166 cm³/mol. The number of hydrogen-bond acceptors (Lipinski definition) is 11. The minimum atomic E-state index is -1.68. The molecule has 7 N–H and O–H groups in total. The minimum absolute atomic E-state index is 0.0508. The summed E-state index contributed by atoms with van der Waals surface area (Å²) in [6.07, 6.45) is -6.08. The highest BCUT2D eigenvalue weighted by molar-refractivity contribution is 5.99. The molecule has 3 fully saturated rings. The molecule has 0 amide bonds. The third-order valence-corrected chi connectivity index (χ3v) is 13.0. The standard InChI is InChI=1S/C35H52O11/c1-16(2)8-11-24(39)35(7,44)30-21(38)13-32(4)23-10-9-18-17(3)29(46-31-28(43)27(42)26(41)22(15-36)45-31)20(37)12-19(18)34(23,6)25(40)14-33(30,32)5/h9,19,21-24,26-28,30-31,36,38-39,41-44H,1,8,10-15H2,2-7H3/t19-,21+,22+,23-,24?,26+,27-,28+,30-,31-,32-,33+,34-,35-/m0/s1. The largest absolute Gasteiger partial charge is 0.458 e. The van der Waals surface area contributed by atoms with Crippen molar-refractivity contribution in [3.63, 3.8) is 0 Å². The van der Waals surface area contributed by atoms with E-state index in [9.17, 15) is 45.3 Å². The van der Waals surface area contributed by atoms with Crippen LogP contribution in [0.3, 0.4) is 0 Å². The van der Waals surface area contributed by atoms with Crippen LogP contribution in [0.15, 0.2) is 35.1 Å². The highest BCUT2D eigenvalue weighted by Gasteiger charge is 2.74. The molecule has 1 saturated heterocycles. The second kappa shape index (κ2) is 11.9. The summed E-state index contributed by atoms with van der Waals surface area (Å²) in [4.78, 5) is 28.2. The molecule has 258 valence electrons. The van der Waals surface area contributed by atoms with Crippen molar-refractivity contribution in [3.8, 4) is 0 Å². The molecule has 2 saturated carbocycles. The van der Waals surface area contributed by atoms with E-state index in [4.69, 9.17) is 9.47 Å². The molecule has 5 aliphatic rings. The van der Waals surface area contributed by atoms with Gasteiger partial charge in [0.05, 0.1) is 24.4 Å². The van der Waals surface area contributed by atoms with Crippen LogP contribution in [-0.2, 0) is 19.1 Å². The van der Waals surface area contributed by atoms with E-state index in [0.29, 0.717) is 24.8 Å². The van der Waals surface area contributed by atoms with E-state index >= 15 is 0 Å². The average molecular weight is 649 g/mol. The lowest BCUT2D eigenvalue weighted by molar-refractivity contribution is -0.291. The first-order valence-electron chi connectivity index (χ1n) is 16.4. The quantitative estimate of drug-likeness (QED) is 0.188. The Morgan fingerprint density at radius 1 is 1.13 bits per heavy atom. The monoisotopic (exact) mass is 648 g/mol. The molecule has 1 heterocycles. The molecule has 0 radical (unpaired) electrons. The van der Waals surface area contributed by atoms with Crippen LogP contribution in [-0.4, -0.2) is 102 Å². The fourth-order valence-electron chi connectivity index (χ4n) is 10.2. The number of Topliss-reactive ketones (excluding diaryl/α,β-unsaturated/α-hetero) is 2. The summed E-state index contributed by atoms with van der Waals surface area (Å²) in [6, 6.07) is 0. The summed E-state index contributed by atoms with van der Waals surface area (Å²) in [6.45, 7) is 14.3. The minimum Gasteiger partial charge on any atom is -0.458 e. The first-order chi connectivity index (χ1) is 21.3. The Morgan fingerprint density at radius 3 is 2.39 bits per heavy atom. The Kier molecular flexibility index (Phi) is 9.12. The van der Waals surface area contributed by atoms with Crippen LogP contribution in [0.25, 0.3) is 0 Å². The molecule has 4 aliphatic carbocycles. The Hall–Kier alpha value is -1.96. The van der Waals surface area contributed by atoms with Gasteiger partial charge >= 0.3 is 0 Å². The number of fused-ring (bicyclic) bond motifs is 5. The van der Waals surface area contributed by atoms with Crippen LogP contribution >= 0.6 is 0 Å². The highest BCUT2D eigenvalue weighted by Crippen LogP contribution is 2.73. The van der Waals surface area contributed by atoms with E-state index in [1.54, 1.807) is 13.8 Å². The lowest BCUT2D eigenvalue weighted by Gasteiger charge is -2.63. The van der Waals surface area contributed by atoms with Gasteiger partial charge in [0.25, 0.3) is 0 Å². The lowest BCUT2D eigenvalue weighted by Crippen LogP contribution is -2.64. The van der Waals surface area contributed by atoms with Gasteiger partial charge in [-0.1, -0.05) is 32.4 Å². The maximum absolute atomic E-state index is 14.5. The third-order valence-electron chi connectivity index (χ3n) is 13.0. The van der Waals surface area contributed by atoms with Crippen molar-refractivity contribution in [1.29, 1.82) is 0 Å². The summed E-state index contributed by atoms with van der Waals surface area (Å²) in [7, 11) is 0. The number of carbonyl (C=O) groups is 2. The number of ketones is 2. The lowest BCUT2D eigenvalue weighted by atomic mass is 9.39. The van der Waals surface area contributed by atoms with Crippen LogP contribution in [0, 0.1) is 34.0 Å². The summed E-state index contributed by atoms with van der Waals surface area (Å²) in [5.41, 5.74) is -1.96. The molecule has 5 rings (SSSR count). The van der Waals surface area contributed by atoms with Gasteiger partial charge < -0.3 is 45.2 Å². The molecule has 0 aromatic carbocycles. The van der Waals surface area contributed by atoms with Crippen molar-refractivity contribution >= 4 is 11.6 Å². The van der Waals surface area contributed by atoms with E-state index in [1.807, 2.05) is 26.8 Å². The third kappa shape index (κ3) is 5.00. The maximum atomic E-state index is 14.5. The van der Waals surface area contributed by atoms with E-state index in [0.717, 1.165) is 11.1 Å². The molecule has 11 heteroatoms. The molecule has 1 unspecified atom stereocenters. The highest BCUT2D eigenvalue weighted by atomic mass is 16.7. The molecule has 1 aliphatic heterocycles. The van der Waals surface area contributed by atoms with Crippen molar-refractivity contribution in [2.75, 3.05) is 6.61 Å². The smallest absolute Gasteiger partial charge is 0.229 e. The Balaban J connectivity index is 1.48. The predicted octanol–water partition coefficient (Wildman–Crippen LogP) is 1.45. The van der Waals surface area contributed by atoms with E-state index < -0.39 is 89.0 Å². The molecular formula is C35H52O11. The number of ether oxygens (including phenoxy) is 2. The van der Waals surface area contributed by atoms with E-state index in [-0.39, 0.29) is 36.7 Å². The van der Waals surface area contributed by atoms with Crippen LogP contribution in [0.2, 0.25) is 0 Å². The van der Waals surface area contributed by atoms with Gasteiger partial charge in [-0.2, -0.15) is 0 Å². The van der Waals surface area contributed by atoms with Gasteiger partial charge in [-0.15, -0.1) is 6.58 Å². The normalized spacial score (nSPS) is 46.1.